The van der Waals surface area contributed by atoms with Gasteiger partial charge in [-0.25, -0.2) is 0 Å². The second-order valence-electron chi connectivity index (χ2n) is 7.70. The number of likely N-dealkylation sites (N-methyl/N-ethyl adjacent to an activating group) is 1. The summed E-state index contributed by atoms with van der Waals surface area (Å²) in [6, 6.07) is 8.98. The molecule has 1 aromatic heterocycles. The van der Waals surface area contributed by atoms with Gasteiger partial charge >= 0.3 is 0 Å². The van der Waals surface area contributed by atoms with E-state index in [1.807, 2.05) is 32.2 Å². The van der Waals surface area contributed by atoms with E-state index in [2.05, 4.69) is 25.7 Å². The molecule has 2 aliphatic heterocycles. The highest BCUT2D eigenvalue weighted by Gasteiger charge is 2.37. The second kappa shape index (κ2) is 8.12. The van der Waals surface area contributed by atoms with Gasteiger partial charge in [-0.3, -0.25) is 9.69 Å². The maximum absolute atomic E-state index is 12.1. The fourth-order valence-electron chi connectivity index (χ4n) is 4.32. The highest BCUT2D eigenvalue weighted by molar-refractivity contribution is 5.94. The van der Waals surface area contributed by atoms with E-state index < -0.39 is 0 Å². The molecule has 1 unspecified atom stereocenters. The van der Waals surface area contributed by atoms with Gasteiger partial charge in [0, 0.05) is 24.2 Å². The lowest BCUT2D eigenvalue weighted by Crippen LogP contribution is -2.35. The second-order valence-corrected chi connectivity index (χ2v) is 7.70. The van der Waals surface area contributed by atoms with Crippen LogP contribution >= 0.6 is 0 Å². The van der Waals surface area contributed by atoms with E-state index in [1.165, 1.54) is 0 Å². The summed E-state index contributed by atoms with van der Waals surface area (Å²) >= 11 is 0. The zero-order chi connectivity index (χ0) is 22.2. The van der Waals surface area contributed by atoms with Crippen LogP contribution in [-0.4, -0.2) is 65.1 Å². The van der Waals surface area contributed by atoms with Crippen molar-refractivity contribution in [3.8, 4) is 22.9 Å². The Hall–Kier alpha value is -3.66. The molecule has 5 rings (SSSR count). The van der Waals surface area contributed by atoms with Crippen molar-refractivity contribution >= 4 is 5.91 Å². The Balaban J connectivity index is 1.58. The minimum atomic E-state index is -0.249. The van der Waals surface area contributed by atoms with Crippen LogP contribution in [0.5, 0.6) is 17.2 Å². The number of ether oxygens (including phenoxy) is 3. The predicted molar refractivity (Wildman–Crippen MR) is 114 cm³/mol. The van der Waals surface area contributed by atoms with Gasteiger partial charge in [-0.05, 0) is 66.7 Å². The van der Waals surface area contributed by atoms with Gasteiger partial charge in [0.2, 0.25) is 12.5 Å². The smallest absolute Gasteiger partial charge is 0.251 e. The van der Waals surface area contributed by atoms with E-state index in [0.29, 0.717) is 35.2 Å². The summed E-state index contributed by atoms with van der Waals surface area (Å²) in [6.45, 7) is 3.46. The number of amides is 1. The summed E-state index contributed by atoms with van der Waals surface area (Å²) in [6.07, 6.45) is 0.845. The highest BCUT2D eigenvalue weighted by atomic mass is 16.7. The van der Waals surface area contributed by atoms with Crippen LogP contribution in [0.4, 0.5) is 0 Å². The van der Waals surface area contributed by atoms with Crippen molar-refractivity contribution in [2.24, 2.45) is 0 Å². The Morgan fingerprint density at radius 3 is 2.84 bits per heavy atom. The average molecular weight is 436 g/mol. The van der Waals surface area contributed by atoms with Crippen molar-refractivity contribution in [1.29, 1.82) is 0 Å². The van der Waals surface area contributed by atoms with Gasteiger partial charge in [0.05, 0.1) is 12.8 Å². The third-order valence-corrected chi connectivity index (χ3v) is 5.85. The van der Waals surface area contributed by atoms with Crippen LogP contribution in [0, 0.1) is 0 Å². The Kier molecular flexibility index (Phi) is 5.14. The first-order valence-corrected chi connectivity index (χ1v) is 10.5. The maximum Gasteiger partial charge on any atom is 0.251 e. The average Bonchev–Trinajstić information content (AvgIpc) is 3.47. The summed E-state index contributed by atoms with van der Waals surface area (Å²) in [5.41, 5.74) is 3.44. The van der Waals surface area contributed by atoms with Gasteiger partial charge in [0.1, 0.15) is 6.04 Å². The zero-order valence-corrected chi connectivity index (χ0v) is 18.2. The van der Waals surface area contributed by atoms with Gasteiger partial charge < -0.3 is 19.5 Å². The minimum absolute atomic E-state index is 0.113. The molecule has 3 heterocycles. The SMILES string of the molecule is CCNC(=O)c1ccc(-n2nnnc2C2c3c(cc4c(c3OC)OCO4)CCN2C)cc1. The molecule has 166 valence electrons. The number of hydrogen-bond donors (Lipinski definition) is 1. The van der Waals surface area contributed by atoms with Crippen molar-refractivity contribution in [3.05, 3.63) is 52.8 Å². The Morgan fingerprint density at radius 2 is 2.09 bits per heavy atom. The Bertz CT molecular complexity index is 1160. The van der Waals surface area contributed by atoms with Crippen molar-refractivity contribution in [2.45, 2.75) is 19.4 Å². The first-order valence-electron chi connectivity index (χ1n) is 10.5. The van der Waals surface area contributed by atoms with Crippen LogP contribution in [0.25, 0.3) is 5.69 Å². The van der Waals surface area contributed by atoms with Crippen LogP contribution in [0.3, 0.4) is 0 Å². The number of rotatable bonds is 5. The molecule has 0 radical (unpaired) electrons. The summed E-state index contributed by atoms with van der Waals surface area (Å²) < 4.78 is 18.8. The largest absolute Gasteiger partial charge is 0.492 e. The van der Waals surface area contributed by atoms with E-state index in [1.54, 1.807) is 23.9 Å². The number of aromatic nitrogens is 4. The van der Waals surface area contributed by atoms with Crippen LogP contribution < -0.4 is 19.5 Å². The molecule has 0 saturated carbocycles. The number of nitrogens with zero attached hydrogens (tertiary/aromatic N) is 5. The lowest BCUT2D eigenvalue weighted by molar-refractivity contribution is 0.0956. The monoisotopic (exact) mass is 436 g/mol. The van der Waals surface area contributed by atoms with Crippen LogP contribution in [-0.2, 0) is 6.42 Å². The van der Waals surface area contributed by atoms with E-state index in [-0.39, 0.29) is 18.7 Å². The molecule has 1 amide bonds. The van der Waals surface area contributed by atoms with Crippen molar-refractivity contribution in [2.75, 3.05) is 34.0 Å². The minimum Gasteiger partial charge on any atom is -0.492 e. The number of methoxy groups -OCH3 is 1. The van der Waals surface area contributed by atoms with E-state index >= 15 is 0 Å². The van der Waals surface area contributed by atoms with Crippen molar-refractivity contribution in [1.82, 2.24) is 30.4 Å². The lowest BCUT2D eigenvalue weighted by Gasteiger charge is -2.34. The van der Waals surface area contributed by atoms with Crippen LogP contribution in [0.15, 0.2) is 30.3 Å². The molecule has 2 aliphatic rings. The first kappa shape index (κ1) is 20.3. The molecule has 0 fully saturated rings. The lowest BCUT2D eigenvalue weighted by atomic mass is 9.90. The van der Waals surface area contributed by atoms with E-state index in [0.717, 1.165) is 29.8 Å². The number of carbonyl (C=O) groups is 1. The molecule has 0 spiro atoms. The highest BCUT2D eigenvalue weighted by Crippen LogP contribution is 2.50. The molecule has 10 nitrogen and oxygen atoms in total. The molecular weight excluding hydrogens is 412 g/mol. The molecular formula is C22H24N6O4. The molecule has 0 bridgehead atoms. The van der Waals surface area contributed by atoms with Gasteiger partial charge in [-0.2, -0.15) is 4.68 Å². The number of benzene rings is 2. The van der Waals surface area contributed by atoms with Gasteiger partial charge in [-0.15, -0.1) is 5.10 Å². The van der Waals surface area contributed by atoms with Crippen molar-refractivity contribution in [3.63, 3.8) is 0 Å². The molecule has 1 atom stereocenters. The number of carbonyl (C=O) groups excluding carboxylic acids is 1. The third-order valence-electron chi connectivity index (χ3n) is 5.85. The van der Waals surface area contributed by atoms with Gasteiger partial charge in [0.25, 0.3) is 5.91 Å². The molecule has 0 aliphatic carbocycles. The van der Waals surface area contributed by atoms with Gasteiger partial charge in [-0.1, -0.05) is 0 Å². The predicted octanol–water partition coefficient (Wildman–Crippen LogP) is 1.73. The third kappa shape index (κ3) is 3.23. The molecule has 1 N–H and O–H groups in total. The summed E-state index contributed by atoms with van der Waals surface area (Å²) in [7, 11) is 3.67. The summed E-state index contributed by atoms with van der Waals surface area (Å²) in [5.74, 6) is 2.49. The van der Waals surface area contributed by atoms with Crippen molar-refractivity contribution < 1.29 is 19.0 Å². The molecule has 10 heteroatoms. The van der Waals surface area contributed by atoms with Crippen LogP contribution in [0.2, 0.25) is 0 Å². The Morgan fingerprint density at radius 1 is 1.28 bits per heavy atom. The molecule has 0 saturated heterocycles. The number of tetrazole rings is 1. The maximum atomic E-state index is 12.1. The standard InChI is InChI=1S/C22H24N6O4/c1-4-23-22(29)13-5-7-15(8-6-13)28-21(24-25-26-28)18-17-14(9-10-27(18)2)11-16-19(20(17)30-3)32-12-31-16/h5-8,11,18H,4,9-10,12H2,1-3H3,(H,23,29). The number of nitrogens with one attached hydrogen (secondary N) is 1. The zero-order valence-electron chi connectivity index (χ0n) is 18.2. The van der Waals surface area contributed by atoms with Crippen LogP contribution in [0.1, 0.15) is 40.3 Å². The first-order chi connectivity index (χ1) is 15.6. The molecule has 32 heavy (non-hydrogen) atoms. The topological polar surface area (TPSA) is 104 Å². The number of hydrogen-bond acceptors (Lipinski definition) is 8. The fourth-order valence-corrected chi connectivity index (χ4v) is 4.32. The molecule has 2 aromatic carbocycles. The fraction of sp³-hybridized carbons (Fsp3) is 0.364. The van der Waals surface area contributed by atoms with E-state index in [9.17, 15) is 4.79 Å². The summed E-state index contributed by atoms with van der Waals surface area (Å²) in [4.78, 5) is 14.3. The van der Waals surface area contributed by atoms with Gasteiger partial charge in [0.15, 0.2) is 17.3 Å². The quantitative estimate of drug-likeness (QED) is 0.645. The Labute approximate surface area is 185 Å². The van der Waals surface area contributed by atoms with E-state index in [4.69, 9.17) is 14.2 Å². The molecule has 3 aromatic rings. The summed E-state index contributed by atoms with van der Waals surface area (Å²) in [5, 5.41) is 15.4. The number of fused-ring (bicyclic) bond motifs is 2. The normalized spacial score (nSPS) is 17.2.